The number of anilines is 1. The normalized spacial score (nSPS) is 15.1. The monoisotopic (exact) mass is 468 g/mol. The zero-order chi connectivity index (χ0) is 24.2. The number of nitrogens with zero attached hydrogens (tertiary/aromatic N) is 6. The van der Waals surface area contributed by atoms with Crippen LogP contribution in [0.2, 0.25) is 0 Å². The Bertz CT molecular complexity index is 1370. The zero-order valence-electron chi connectivity index (χ0n) is 19.6. The summed E-state index contributed by atoms with van der Waals surface area (Å²) in [5, 5.41) is 0. The second-order valence-electron chi connectivity index (χ2n) is 8.11. The lowest BCUT2D eigenvalue weighted by Gasteiger charge is -2.28. The predicted octanol–water partition coefficient (Wildman–Crippen LogP) is 3.04. The Labute approximate surface area is 203 Å². The average Bonchev–Trinajstić information content (AvgIpc) is 3.31. The lowest BCUT2D eigenvalue weighted by Crippen LogP contribution is -2.37. The van der Waals surface area contributed by atoms with Gasteiger partial charge in [0.15, 0.2) is 22.8 Å². The topological polar surface area (TPSA) is 121 Å². The first kappa shape index (κ1) is 22.5. The molecule has 9 heteroatoms. The van der Waals surface area contributed by atoms with Crippen LogP contribution in [0, 0.1) is 0 Å². The molecule has 1 aromatic carbocycles. The molecule has 3 aromatic heterocycles. The number of imidazole rings is 1. The Kier molecular flexibility index (Phi) is 6.40. The van der Waals surface area contributed by atoms with Crippen molar-refractivity contribution in [1.82, 2.24) is 24.5 Å². The molecule has 1 fully saturated rings. The Morgan fingerprint density at radius 2 is 1.77 bits per heavy atom. The first-order valence-electron chi connectivity index (χ1n) is 11.7. The highest BCUT2D eigenvalue weighted by atomic mass is 16.5. The van der Waals surface area contributed by atoms with E-state index in [0.29, 0.717) is 44.4 Å². The number of allylic oxidation sites excluding steroid dienone is 2. The molecule has 9 nitrogen and oxygen atoms in total. The molecular weight excluding hydrogens is 440 g/mol. The van der Waals surface area contributed by atoms with Gasteiger partial charge in [0, 0.05) is 43.2 Å². The molecule has 0 saturated carbocycles. The van der Waals surface area contributed by atoms with Crippen molar-refractivity contribution in [3.8, 4) is 11.4 Å². The van der Waals surface area contributed by atoms with Crippen LogP contribution in [0.3, 0.4) is 0 Å². The Balaban J connectivity index is 1.77. The highest BCUT2D eigenvalue weighted by Crippen LogP contribution is 2.31. The molecule has 1 aliphatic heterocycles. The summed E-state index contributed by atoms with van der Waals surface area (Å²) in [5.74, 6) is 2.01. The molecule has 0 unspecified atom stereocenters. The molecule has 0 atom stereocenters. The van der Waals surface area contributed by atoms with E-state index in [4.69, 9.17) is 31.2 Å². The van der Waals surface area contributed by atoms with E-state index in [1.807, 2.05) is 42.5 Å². The van der Waals surface area contributed by atoms with E-state index < -0.39 is 0 Å². The molecule has 1 aliphatic rings. The number of fused-ring (bicyclic) bond motifs is 1. The molecule has 0 radical (unpaired) electrons. The van der Waals surface area contributed by atoms with Crippen LogP contribution in [0.1, 0.15) is 18.3 Å². The van der Waals surface area contributed by atoms with Crippen molar-refractivity contribution in [2.24, 2.45) is 11.5 Å². The first-order chi connectivity index (χ1) is 17.2. The highest BCUT2D eigenvalue weighted by molar-refractivity contribution is 5.95. The summed E-state index contributed by atoms with van der Waals surface area (Å²) in [6.45, 7) is 5.45. The van der Waals surface area contributed by atoms with Crippen molar-refractivity contribution in [2.45, 2.75) is 13.5 Å². The van der Waals surface area contributed by atoms with E-state index in [1.54, 1.807) is 18.5 Å². The highest BCUT2D eigenvalue weighted by Gasteiger charge is 2.24. The van der Waals surface area contributed by atoms with Crippen molar-refractivity contribution in [3.05, 3.63) is 78.5 Å². The van der Waals surface area contributed by atoms with Crippen molar-refractivity contribution in [1.29, 1.82) is 0 Å². The van der Waals surface area contributed by atoms with Crippen molar-refractivity contribution < 1.29 is 4.74 Å². The minimum Gasteiger partial charge on any atom is -0.405 e. The lowest BCUT2D eigenvalue weighted by molar-refractivity contribution is 0.122. The van der Waals surface area contributed by atoms with Crippen LogP contribution in [-0.4, -0.2) is 50.8 Å². The van der Waals surface area contributed by atoms with E-state index in [-0.39, 0.29) is 0 Å². The molecule has 1 saturated heterocycles. The second kappa shape index (κ2) is 9.94. The maximum Gasteiger partial charge on any atom is 0.180 e. The maximum absolute atomic E-state index is 6.72. The number of aromatic nitrogens is 5. The van der Waals surface area contributed by atoms with Crippen molar-refractivity contribution in [3.63, 3.8) is 0 Å². The summed E-state index contributed by atoms with van der Waals surface area (Å²) >= 11 is 0. The van der Waals surface area contributed by atoms with Crippen LogP contribution in [0.5, 0.6) is 0 Å². The number of benzene rings is 1. The molecule has 0 aliphatic carbocycles. The third kappa shape index (κ3) is 4.33. The smallest absolute Gasteiger partial charge is 0.180 e. The largest absolute Gasteiger partial charge is 0.405 e. The van der Waals surface area contributed by atoms with E-state index in [2.05, 4.69) is 21.4 Å². The third-order valence-corrected chi connectivity index (χ3v) is 6.02. The van der Waals surface area contributed by atoms with Crippen LogP contribution in [0.4, 0.5) is 5.82 Å². The minimum absolute atomic E-state index is 0.437. The summed E-state index contributed by atoms with van der Waals surface area (Å²) in [4.78, 5) is 21.2. The second-order valence-corrected chi connectivity index (χ2v) is 8.11. The van der Waals surface area contributed by atoms with Gasteiger partial charge in [-0.2, -0.15) is 0 Å². The summed E-state index contributed by atoms with van der Waals surface area (Å²) in [5.41, 5.74) is 17.1. The minimum atomic E-state index is 0.437. The number of ether oxygens (including phenoxy) is 1. The fourth-order valence-corrected chi connectivity index (χ4v) is 4.30. The van der Waals surface area contributed by atoms with Gasteiger partial charge in [-0.3, -0.25) is 4.98 Å². The summed E-state index contributed by atoms with van der Waals surface area (Å²) < 4.78 is 7.68. The maximum atomic E-state index is 6.72. The molecular formula is C26H28N8O. The van der Waals surface area contributed by atoms with Gasteiger partial charge in [-0.15, -0.1) is 0 Å². The van der Waals surface area contributed by atoms with Crippen LogP contribution >= 0.6 is 0 Å². The van der Waals surface area contributed by atoms with E-state index in [9.17, 15) is 0 Å². The number of morpholine rings is 1. The van der Waals surface area contributed by atoms with Gasteiger partial charge >= 0.3 is 0 Å². The van der Waals surface area contributed by atoms with Crippen LogP contribution < -0.4 is 16.4 Å². The third-order valence-electron chi connectivity index (χ3n) is 6.02. The Hall–Kier alpha value is -4.24. The van der Waals surface area contributed by atoms with Gasteiger partial charge in [-0.05, 0) is 36.9 Å². The number of hydrogen-bond acceptors (Lipinski definition) is 8. The van der Waals surface area contributed by atoms with Gasteiger partial charge in [0.05, 0.1) is 18.9 Å². The molecule has 4 heterocycles. The van der Waals surface area contributed by atoms with E-state index in [1.165, 1.54) is 6.20 Å². The fourth-order valence-electron chi connectivity index (χ4n) is 4.30. The molecule has 0 spiro atoms. The number of pyridine rings is 1. The molecule has 35 heavy (non-hydrogen) atoms. The first-order valence-corrected chi connectivity index (χ1v) is 11.7. The SMILES string of the molecule is CCn1c(-c2ccncc2)nc2c(N3CCOCC3)nc(/C(N)=C(/C=C\N)c3ccccc3)nc21. The zero-order valence-corrected chi connectivity index (χ0v) is 19.6. The van der Waals surface area contributed by atoms with Gasteiger partial charge in [0.25, 0.3) is 0 Å². The van der Waals surface area contributed by atoms with Crippen LogP contribution in [-0.2, 0) is 11.3 Å². The molecule has 178 valence electrons. The molecule has 5 rings (SSSR count). The van der Waals surface area contributed by atoms with Crippen LogP contribution in [0.15, 0.2) is 67.1 Å². The van der Waals surface area contributed by atoms with E-state index >= 15 is 0 Å². The molecule has 0 amide bonds. The average molecular weight is 469 g/mol. The van der Waals surface area contributed by atoms with Gasteiger partial charge in [-0.1, -0.05) is 30.3 Å². The summed E-state index contributed by atoms with van der Waals surface area (Å²) in [7, 11) is 0. The Morgan fingerprint density at radius 3 is 2.46 bits per heavy atom. The molecule has 4 N–H and O–H groups in total. The summed E-state index contributed by atoms with van der Waals surface area (Å²) in [6.07, 6.45) is 6.79. The number of hydrogen-bond donors (Lipinski definition) is 2. The number of nitrogens with two attached hydrogens (primary N) is 2. The quantitative estimate of drug-likeness (QED) is 0.414. The molecule has 0 bridgehead atoms. The predicted molar refractivity (Wildman–Crippen MR) is 138 cm³/mol. The van der Waals surface area contributed by atoms with Crippen LogP contribution in [0.25, 0.3) is 33.8 Å². The van der Waals surface area contributed by atoms with Gasteiger partial charge in [0.2, 0.25) is 0 Å². The summed E-state index contributed by atoms with van der Waals surface area (Å²) in [6, 6.07) is 13.8. The lowest BCUT2D eigenvalue weighted by atomic mass is 10.0. The fraction of sp³-hybridized carbons (Fsp3) is 0.231. The van der Waals surface area contributed by atoms with Crippen molar-refractivity contribution >= 4 is 28.3 Å². The van der Waals surface area contributed by atoms with Gasteiger partial charge < -0.3 is 25.7 Å². The Morgan fingerprint density at radius 1 is 1.03 bits per heavy atom. The van der Waals surface area contributed by atoms with Gasteiger partial charge in [0.1, 0.15) is 5.82 Å². The number of aryl methyl sites for hydroxylation is 1. The van der Waals surface area contributed by atoms with Gasteiger partial charge in [-0.25, -0.2) is 15.0 Å². The van der Waals surface area contributed by atoms with Crippen molar-refractivity contribution in [2.75, 3.05) is 31.2 Å². The number of rotatable bonds is 6. The van der Waals surface area contributed by atoms with E-state index in [0.717, 1.165) is 39.5 Å². The standard InChI is InChI=1S/C26H28N8O/c1-2-34-24(19-9-12-29-13-10-19)30-22-25(33-14-16-35-17-15-33)31-23(32-26(22)34)21(28)20(8-11-27)18-6-4-3-5-7-18/h3-13H,2,14-17,27-28H2,1H3/b11-8-,21-20+. The molecule has 4 aromatic rings.